The highest BCUT2D eigenvalue weighted by atomic mass is 32.2. The second-order valence-corrected chi connectivity index (χ2v) is 8.18. The first-order valence-corrected chi connectivity index (χ1v) is 10.6. The first-order valence-electron chi connectivity index (χ1n) is 8.47. The molecule has 1 aromatic rings. The van der Waals surface area contributed by atoms with Crippen molar-refractivity contribution >= 4 is 23.5 Å². The van der Waals surface area contributed by atoms with Crippen LogP contribution >= 0.6 is 23.5 Å². The van der Waals surface area contributed by atoms with Crippen LogP contribution in [-0.4, -0.2) is 28.8 Å². The molecule has 2 N–H and O–H groups in total. The van der Waals surface area contributed by atoms with Crippen LogP contribution in [0.3, 0.4) is 0 Å². The Kier molecular flexibility index (Phi) is 6.12. The van der Waals surface area contributed by atoms with Crippen molar-refractivity contribution in [3.63, 3.8) is 0 Å². The van der Waals surface area contributed by atoms with Crippen LogP contribution in [0.25, 0.3) is 0 Å². The molecule has 1 aromatic carbocycles. The fourth-order valence-corrected chi connectivity index (χ4v) is 5.05. The molecule has 0 aliphatic carbocycles. The van der Waals surface area contributed by atoms with E-state index in [4.69, 9.17) is 0 Å². The number of hydrogen-bond donors (Lipinski definition) is 2. The van der Waals surface area contributed by atoms with Gasteiger partial charge in [-0.1, -0.05) is 38.0 Å². The molecular formula is C18H24N4S2. The number of unbranched alkanes of at least 4 members (excludes halogenated alkanes) is 1. The molecule has 4 nitrogen and oxygen atoms in total. The molecule has 1 fully saturated rings. The summed E-state index contributed by atoms with van der Waals surface area (Å²) in [5.41, 5.74) is 4.28. The van der Waals surface area contributed by atoms with Crippen LogP contribution in [0.2, 0.25) is 0 Å². The smallest absolute Gasteiger partial charge is 0.118 e. The first kappa shape index (κ1) is 17.7. The van der Waals surface area contributed by atoms with Crippen molar-refractivity contribution in [2.24, 2.45) is 0 Å². The van der Waals surface area contributed by atoms with Crippen LogP contribution < -0.4 is 10.7 Å². The molecule has 2 aliphatic heterocycles. The highest BCUT2D eigenvalue weighted by Crippen LogP contribution is 2.38. The van der Waals surface area contributed by atoms with Gasteiger partial charge in [-0.15, -0.1) is 23.5 Å². The molecule has 0 radical (unpaired) electrons. The van der Waals surface area contributed by atoms with Gasteiger partial charge in [0.15, 0.2) is 0 Å². The normalized spacial score (nSPS) is 26.8. The molecule has 0 aromatic heterocycles. The van der Waals surface area contributed by atoms with Gasteiger partial charge in [0.2, 0.25) is 0 Å². The largest absolute Gasteiger partial charge is 0.309 e. The molecule has 6 heteroatoms. The lowest BCUT2D eigenvalue weighted by Crippen LogP contribution is -2.60. The van der Waals surface area contributed by atoms with E-state index >= 15 is 0 Å². The maximum Gasteiger partial charge on any atom is 0.118 e. The van der Waals surface area contributed by atoms with Gasteiger partial charge in [-0.25, -0.2) is 0 Å². The summed E-state index contributed by atoms with van der Waals surface area (Å²) in [5.74, 6) is 0. The highest BCUT2D eigenvalue weighted by molar-refractivity contribution is 8.02. The fraction of sp³-hybridized carbons (Fsp3) is 0.500. The molecule has 3 atom stereocenters. The van der Waals surface area contributed by atoms with Gasteiger partial charge in [0, 0.05) is 10.9 Å². The zero-order valence-electron chi connectivity index (χ0n) is 14.2. The maximum atomic E-state index is 9.61. The summed E-state index contributed by atoms with van der Waals surface area (Å²) in [5, 5.41) is 16.8. The third-order valence-corrected chi connectivity index (χ3v) is 6.42. The maximum absolute atomic E-state index is 9.61. The average Bonchev–Trinajstić information content (AvgIpc) is 2.98. The number of hydrazine groups is 1. The zero-order chi connectivity index (χ0) is 16.9. The molecule has 1 saturated heterocycles. The van der Waals surface area contributed by atoms with E-state index in [1.54, 1.807) is 11.8 Å². The lowest BCUT2D eigenvalue weighted by Gasteiger charge is -2.42. The Morgan fingerprint density at radius 3 is 2.79 bits per heavy atom. The summed E-state index contributed by atoms with van der Waals surface area (Å²) in [6.45, 7) is 2.23. The van der Waals surface area contributed by atoms with Gasteiger partial charge in [-0.3, -0.25) is 5.32 Å². The minimum Gasteiger partial charge on any atom is -0.309 e. The fourth-order valence-electron chi connectivity index (χ4n) is 3.24. The van der Waals surface area contributed by atoms with Crippen LogP contribution in [0.15, 0.2) is 45.8 Å². The molecule has 3 unspecified atom stereocenters. The summed E-state index contributed by atoms with van der Waals surface area (Å²) in [7, 11) is 0. The van der Waals surface area contributed by atoms with Gasteiger partial charge >= 0.3 is 0 Å². The van der Waals surface area contributed by atoms with Gasteiger partial charge < -0.3 is 5.43 Å². The zero-order valence-corrected chi connectivity index (χ0v) is 15.8. The second-order valence-electron chi connectivity index (χ2n) is 6.11. The van der Waals surface area contributed by atoms with Gasteiger partial charge in [0.05, 0.1) is 16.0 Å². The minimum atomic E-state index is -0.0192. The summed E-state index contributed by atoms with van der Waals surface area (Å²) in [4.78, 5) is 1.27. The molecule has 0 bridgehead atoms. The summed E-state index contributed by atoms with van der Waals surface area (Å²) in [6, 6.07) is 13.4. The molecule has 3 rings (SSSR count). The van der Waals surface area contributed by atoms with E-state index < -0.39 is 0 Å². The molecule has 2 heterocycles. The topological polar surface area (TPSA) is 51.1 Å². The Labute approximate surface area is 153 Å². The van der Waals surface area contributed by atoms with Gasteiger partial charge in [-0.05, 0) is 31.2 Å². The van der Waals surface area contributed by atoms with E-state index in [1.807, 2.05) is 18.0 Å². The Balaban J connectivity index is 1.81. The molecule has 2 aliphatic rings. The van der Waals surface area contributed by atoms with Crippen molar-refractivity contribution < 1.29 is 0 Å². The predicted molar refractivity (Wildman–Crippen MR) is 102 cm³/mol. The van der Waals surface area contributed by atoms with Crippen molar-refractivity contribution in [1.29, 1.82) is 5.26 Å². The number of hydrogen-bond acceptors (Lipinski definition) is 6. The number of fused-ring (bicyclic) bond motifs is 1. The third-order valence-electron chi connectivity index (χ3n) is 4.46. The van der Waals surface area contributed by atoms with E-state index in [1.165, 1.54) is 24.2 Å². The molecular weight excluding hydrogens is 336 g/mol. The lowest BCUT2D eigenvalue weighted by molar-refractivity contribution is 0.0897. The van der Waals surface area contributed by atoms with E-state index in [0.717, 1.165) is 17.0 Å². The predicted octanol–water partition coefficient (Wildman–Crippen LogP) is 3.90. The van der Waals surface area contributed by atoms with Crippen molar-refractivity contribution in [2.75, 3.05) is 6.26 Å². The van der Waals surface area contributed by atoms with Crippen molar-refractivity contribution in [3.05, 3.63) is 40.9 Å². The number of thioether (sulfide) groups is 2. The Morgan fingerprint density at radius 1 is 1.33 bits per heavy atom. The summed E-state index contributed by atoms with van der Waals surface area (Å²) >= 11 is 3.49. The number of rotatable bonds is 6. The Bertz CT molecular complexity index is 626. The van der Waals surface area contributed by atoms with Crippen molar-refractivity contribution in [1.82, 2.24) is 15.8 Å². The third kappa shape index (κ3) is 3.75. The standard InChI is InChI=1S/C18H24N4S2/c1-3-4-8-13-11-16(24-14-9-6-5-7-10-14)22-17(20-13)15(12-19)18(21-22)23-2/h5-7,9-10,13,16-17,20-21H,3-4,8,11H2,1-2H3. The van der Waals surface area contributed by atoms with Gasteiger partial charge in [0.25, 0.3) is 0 Å². The summed E-state index contributed by atoms with van der Waals surface area (Å²) < 4.78 is 0. The van der Waals surface area contributed by atoms with Gasteiger partial charge in [-0.2, -0.15) is 10.3 Å². The quantitative estimate of drug-likeness (QED) is 0.802. The van der Waals surface area contributed by atoms with E-state index in [-0.39, 0.29) is 6.17 Å². The molecule has 0 amide bonds. The van der Waals surface area contributed by atoms with Gasteiger partial charge in [0.1, 0.15) is 12.2 Å². The van der Waals surface area contributed by atoms with Crippen molar-refractivity contribution in [2.45, 2.75) is 55.1 Å². The van der Waals surface area contributed by atoms with Crippen LogP contribution in [0.5, 0.6) is 0 Å². The number of nitrogens with zero attached hydrogens (tertiary/aromatic N) is 2. The van der Waals surface area contributed by atoms with Crippen molar-refractivity contribution in [3.8, 4) is 6.07 Å². The first-order chi connectivity index (χ1) is 11.8. The monoisotopic (exact) mass is 360 g/mol. The van der Waals surface area contributed by atoms with Crippen LogP contribution in [-0.2, 0) is 0 Å². The van der Waals surface area contributed by atoms with E-state index in [0.29, 0.717) is 11.4 Å². The number of benzene rings is 1. The second kappa shape index (κ2) is 8.30. The molecule has 0 spiro atoms. The van der Waals surface area contributed by atoms with Crippen LogP contribution in [0.1, 0.15) is 32.6 Å². The molecule has 24 heavy (non-hydrogen) atoms. The van der Waals surface area contributed by atoms with E-state index in [9.17, 15) is 5.26 Å². The molecule has 0 saturated carbocycles. The lowest BCUT2D eigenvalue weighted by atomic mass is 10.0. The van der Waals surface area contributed by atoms with E-state index in [2.05, 4.69) is 59.1 Å². The van der Waals surface area contributed by atoms with Crippen LogP contribution in [0, 0.1) is 11.3 Å². The average molecular weight is 361 g/mol. The SMILES string of the molecule is CCCCC1CC(Sc2ccccc2)N2NC(SC)=C(C#N)C2N1. The van der Waals surface area contributed by atoms with Crippen LogP contribution in [0.4, 0.5) is 0 Å². The number of nitrogens with one attached hydrogen (secondary N) is 2. The summed E-state index contributed by atoms with van der Waals surface area (Å²) in [6.07, 6.45) is 6.67. The minimum absolute atomic E-state index is 0.0192. The Morgan fingerprint density at radius 2 is 2.12 bits per heavy atom. The molecule has 128 valence electrons. The Hall–Kier alpha value is -1.13. The number of nitriles is 1. The highest BCUT2D eigenvalue weighted by Gasteiger charge is 2.43.